The lowest BCUT2D eigenvalue weighted by Gasteiger charge is -2.14. The average Bonchev–Trinajstić information content (AvgIpc) is 3.23. The Hall–Kier alpha value is -4.26. The number of ether oxygens (including phenoxy) is 1. The van der Waals surface area contributed by atoms with Crippen molar-refractivity contribution in [2.45, 2.75) is 26.5 Å². The zero-order chi connectivity index (χ0) is 23.5. The van der Waals surface area contributed by atoms with E-state index in [1.807, 2.05) is 56.6 Å². The smallest absolute Gasteiger partial charge is 0.134 e. The highest BCUT2D eigenvalue weighted by molar-refractivity contribution is 5.75. The minimum atomic E-state index is -0.351. The number of aromatic nitrogens is 4. The number of hydrogen-bond acceptors (Lipinski definition) is 5. The minimum absolute atomic E-state index is 0.0844. The van der Waals surface area contributed by atoms with Crippen LogP contribution < -0.4 is 10.1 Å². The number of nitrogens with zero attached hydrogens (tertiary/aromatic N) is 4. The largest absolute Gasteiger partial charge is 0.490 e. The SMILES string of the molecule is CC(C)Oc1cc(F)ccc1-c1cc(Nc2ccc(Cn3cnc4ccccc43)cc2)ncn1. The molecule has 3 aromatic carbocycles. The van der Waals surface area contributed by atoms with Gasteiger partial charge >= 0.3 is 0 Å². The van der Waals surface area contributed by atoms with Crippen LogP contribution in [-0.4, -0.2) is 25.6 Å². The van der Waals surface area contributed by atoms with Gasteiger partial charge < -0.3 is 14.6 Å². The van der Waals surface area contributed by atoms with E-state index >= 15 is 0 Å². The van der Waals surface area contributed by atoms with Crippen molar-refractivity contribution in [1.29, 1.82) is 0 Å². The van der Waals surface area contributed by atoms with E-state index in [1.165, 1.54) is 24.0 Å². The fraction of sp³-hybridized carbons (Fsp3) is 0.148. The molecule has 170 valence electrons. The second-order valence-corrected chi connectivity index (χ2v) is 8.28. The summed E-state index contributed by atoms with van der Waals surface area (Å²) in [5.74, 6) is 0.741. The zero-order valence-corrected chi connectivity index (χ0v) is 18.9. The Balaban J connectivity index is 1.33. The first-order valence-corrected chi connectivity index (χ1v) is 11.1. The van der Waals surface area contributed by atoms with E-state index in [1.54, 1.807) is 6.07 Å². The maximum atomic E-state index is 13.8. The minimum Gasteiger partial charge on any atom is -0.490 e. The summed E-state index contributed by atoms with van der Waals surface area (Å²) in [6.45, 7) is 4.54. The number of halogens is 1. The highest BCUT2D eigenvalue weighted by Gasteiger charge is 2.12. The third kappa shape index (κ3) is 4.73. The fourth-order valence-corrected chi connectivity index (χ4v) is 3.81. The molecule has 0 saturated carbocycles. The summed E-state index contributed by atoms with van der Waals surface area (Å²) in [5, 5.41) is 3.32. The highest BCUT2D eigenvalue weighted by Crippen LogP contribution is 2.31. The first-order chi connectivity index (χ1) is 16.5. The molecule has 1 N–H and O–H groups in total. The summed E-state index contributed by atoms with van der Waals surface area (Å²) in [6.07, 6.45) is 3.27. The summed E-state index contributed by atoms with van der Waals surface area (Å²) in [7, 11) is 0. The lowest BCUT2D eigenvalue weighted by atomic mass is 10.1. The number of anilines is 2. The van der Waals surface area contributed by atoms with Crippen molar-refractivity contribution in [3.05, 3.63) is 96.8 Å². The first kappa shape index (κ1) is 21.6. The van der Waals surface area contributed by atoms with Crippen LogP contribution in [0.2, 0.25) is 0 Å². The summed E-state index contributed by atoms with van der Waals surface area (Å²) in [4.78, 5) is 13.2. The molecular formula is C27H24FN5O. The molecule has 7 heteroatoms. The Morgan fingerprint density at radius 2 is 1.76 bits per heavy atom. The van der Waals surface area contributed by atoms with Crippen molar-refractivity contribution < 1.29 is 9.13 Å². The fourth-order valence-electron chi connectivity index (χ4n) is 3.81. The number of rotatable bonds is 7. The van der Waals surface area contributed by atoms with Gasteiger partial charge in [0.15, 0.2) is 0 Å². The number of nitrogens with one attached hydrogen (secondary N) is 1. The molecule has 6 nitrogen and oxygen atoms in total. The molecule has 0 spiro atoms. The molecule has 0 radical (unpaired) electrons. The Morgan fingerprint density at radius 3 is 2.59 bits per heavy atom. The molecule has 0 bridgehead atoms. The quantitative estimate of drug-likeness (QED) is 0.317. The van der Waals surface area contributed by atoms with Crippen molar-refractivity contribution in [3.8, 4) is 17.0 Å². The van der Waals surface area contributed by atoms with Gasteiger partial charge in [0.25, 0.3) is 0 Å². The third-order valence-electron chi connectivity index (χ3n) is 5.36. The first-order valence-electron chi connectivity index (χ1n) is 11.1. The van der Waals surface area contributed by atoms with Gasteiger partial charge in [0.05, 0.1) is 29.2 Å². The van der Waals surface area contributed by atoms with Gasteiger partial charge in [0.1, 0.15) is 23.7 Å². The van der Waals surface area contributed by atoms with Crippen LogP contribution in [0.25, 0.3) is 22.3 Å². The van der Waals surface area contributed by atoms with E-state index in [0.29, 0.717) is 22.8 Å². The van der Waals surface area contributed by atoms with Crippen molar-refractivity contribution in [2.24, 2.45) is 0 Å². The Kier molecular flexibility index (Phi) is 5.91. The third-order valence-corrected chi connectivity index (χ3v) is 5.36. The lowest BCUT2D eigenvalue weighted by Crippen LogP contribution is -2.07. The molecule has 0 fully saturated rings. The van der Waals surface area contributed by atoms with Gasteiger partial charge in [0.2, 0.25) is 0 Å². The van der Waals surface area contributed by atoms with Crippen LogP contribution in [0.1, 0.15) is 19.4 Å². The molecule has 0 atom stereocenters. The van der Waals surface area contributed by atoms with Gasteiger partial charge in [-0.3, -0.25) is 0 Å². The molecule has 5 rings (SSSR count). The summed E-state index contributed by atoms with van der Waals surface area (Å²) in [5.41, 5.74) is 5.53. The van der Waals surface area contributed by atoms with Gasteiger partial charge in [-0.05, 0) is 55.8 Å². The number of fused-ring (bicyclic) bond motifs is 1. The molecule has 2 aromatic heterocycles. The van der Waals surface area contributed by atoms with Gasteiger partial charge in [-0.2, -0.15) is 0 Å². The van der Waals surface area contributed by atoms with Gasteiger partial charge in [0, 0.05) is 29.9 Å². The van der Waals surface area contributed by atoms with Crippen LogP contribution in [0.5, 0.6) is 5.75 Å². The van der Waals surface area contributed by atoms with E-state index in [2.05, 4.69) is 43.0 Å². The van der Waals surface area contributed by atoms with Gasteiger partial charge in [-0.1, -0.05) is 24.3 Å². The predicted molar refractivity (Wildman–Crippen MR) is 132 cm³/mol. The van der Waals surface area contributed by atoms with Crippen molar-refractivity contribution in [1.82, 2.24) is 19.5 Å². The molecule has 0 saturated heterocycles. The second kappa shape index (κ2) is 9.31. The van der Waals surface area contributed by atoms with Crippen LogP contribution in [-0.2, 0) is 6.54 Å². The number of para-hydroxylation sites is 2. The van der Waals surface area contributed by atoms with E-state index in [-0.39, 0.29) is 11.9 Å². The van der Waals surface area contributed by atoms with Crippen LogP contribution in [0, 0.1) is 5.82 Å². The molecule has 0 aliphatic heterocycles. The predicted octanol–water partition coefficient (Wildman–Crippen LogP) is 6.21. The molecule has 34 heavy (non-hydrogen) atoms. The normalized spacial score (nSPS) is 11.2. The molecular weight excluding hydrogens is 429 g/mol. The van der Waals surface area contributed by atoms with Crippen molar-refractivity contribution in [3.63, 3.8) is 0 Å². The van der Waals surface area contributed by atoms with E-state index in [9.17, 15) is 4.39 Å². The average molecular weight is 454 g/mol. The highest BCUT2D eigenvalue weighted by atomic mass is 19.1. The Bertz CT molecular complexity index is 1430. The number of benzene rings is 3. The molecule has 2 heterocycles. The standard InChI is InChI=1S/C27H24FN5O/c1-18(2)34-26-13-20(28)9-12-22(26)24-14-27(30-16-29-24)32-21-10-7-19(8-11-21)15-33-17-31-23-5-3-4-6-25(23)33/h3-14,16-18H,15H2,1-2H3,(H,29,30,32). The van der Waals surface area contributed by atoms with Crippen LogP contribution in [0.4, 0.5) is 15.9 Å². The van der Waals surface area contributed by atoms with E-state index < -0.39 is 0 Å². The van der Waals surface area contributed by atoms with Gasteiger partial charge in [-0.15, -0.1) is 0 Å². The summed E-state index contributed by atoms with van der Waals surface area (Å²) in [6, 6.07) is 22.6. The molecule has 0 amide bonds. The molecule has 0 unspecified atom stereocenters. The lowest BCUT2D eigenvalue weighted by molar-refractivity contribution is 0.242. The van der Waals surface area contributed by atoms with Crippen molar-refractivity contribution in [2.75, 3.05) is 5.32 Å². The molecule has 0 aliphatic carbocycles. The Morgan fingerprint density at radius 1 is 0.941 bits per heavy atom. The van der Waals surface area contributed by atoms with E-state index in [4.69, 9.17) is 4.74 Å². The zero-order valence-electron chi connectivity index (χ0n) is 18.9. The maximum absolute atomic E-state index is 13.8. The Labute approximate surface area is 197 Å². The molecule has 0 aliphatic rings. The van der Waals surface area contributed by atoms with Crippen LogP contribution in [0.15, 0.2) is 85.5 Å². The van der Waals surface area contributed by atoms with Crippen molar-refractivity contribution >= 4 is 22.5 Å². The summed E-state index contributed by atoms with van der Waals surface area (Å²) < 4.78 is 21.7. The second-order valence-electron chi connectivity index (χ2n) is 8.28. The number of hydrogen-bond donors (Lipinski definition) is 1. The van der Waals surface area contributed by atoms with Crippen LogP contribution >= 0.6 is 0 Å². The summed E-state index contributed by atoms with van der Waals surface area (Å²) >= 11 is 0. The topological polar surface area (TPSA) is 64.9 Å². The van der Waals surface area contributed by atoms with Crippen LogP contribution in [0.3, 0.4) is 0 Å². The van der Waals surface area contributed by atoms with E-state index in [0.717, 1.165) is 23.3 Å². The number of imidazole rings is 1. The maximum Gasteiger partial charge on any atom is 0.134 e. The molecule has 5 aromatic rings. The van der Waals surface area contributed by atoms with Gasteiger partial charge in [-0.25, -0.2) is 19.3 Å². The monoisotopic (exact) mass is 453 g/mol.